The standard InChI is InChI=1S/C12H16FNO3/c1-2-14-11(12(15)16)6-7-17-10-5-3-4-9(13)8-10/h3-5,8,11,14H,2,6-7H2,1H3,(H,15,16). The minimum Gasteiger partial charge on any atom is -0.493 e. The van der Waals surface area contributed by atoms with Crippen molar-refractivity contribution in [2.75, 3.05) is 13.2 Å². The third-order valence-corrected chi connectivity index (χ3v) is 2.22. The fourth-order valence-corrected chi connectivity index (χ4v) is 1.41. The van der Waals surface area contributed by atoms with Gasteiger partial charge in [-0.15, -0.1) is 0 Å². The lowest BCUT2D eigenvalue weighted by atomic mass is 10.2. The zero-order chi connectivity index (χ0) is 12.7. The summed E-state index contributed by atoms with van der Waals surface area (Å²) in [4.78, 5) is 10.8. The van der Waals surface area contributed by atoms with Crippen LogP contribution in [0.15, 0.2) is 24.3 Å². The Morgan fingerprint density at radius 1 is 1.59 bits per heavy atom. The van der Waals surface area contributed by atoms with Crippen LogP contribution in [0.3, 0.4) is 0 Å². The molecule has 2 N–H and O–H groups in total. The molecule has 0 saturated heterocycles. The summed E-state index contributed by atoms with van der Waals surface area (Å²) >= 11 is 0. The number of aliphatic carboxylic acids is 1. The fourth-order valence-electron chi connectivity index (χ4n) is 1.41. The number of ether oxygens (including phenoxy) is 1. The van der Waals surface area contributed by atoms with Gasteiger partial charge in [0.2, 0.25) is 0 Å². The first kappa shape index (κ1) is 13.4. The Bertz CT molecular complexity index is 371. The van der Waals surface area contributed by atoms with Crippen LogP contribution in [0.5, 0.6) is 5.75 Å². The van der Waals surface area contributed by atoms with Crippen LogP contribution in [-0.2, 0) is 4.79 Å². The van der Waals surface area contributed by atoms with Crippen molar-refractivity contribution in [1.29, 1.82) is 0 Å². The highest BCUT2D eigenvalue weighted by molar-refractivity contribution is 5.73. The average molecular weight is 241 g/mol. The van der Waals surface area contributed by atoms with Crippen molar-refractivity contribution in [2.45, 2.75) is 19.4 Å². The van der Waals surface area contributed by atoms with Gasteiger partial charge in [0.1, 0.15) is 17.6 Å². The Balaban J connectivity index is 2.38. The van der Waals surface area contributed by atoms with Crippen LogP contribution in [0.1, 0.15) is 13.3 Å². The van der Waals surface area contributed by atoms with Crippen LogP contribution >= 0.6 is 0 Å². The van der Waals surface area contributed by atoms with Crippen LogP contribution in [0.25, 0.3) is 0 Å². The maximum absolute atomic E-state index is 12.8. The van der Waals surface area contributed by atoms with E-state index < -0.39 is 12.0 Å². The SMILES string of the molecule is CCNC(CCOc1cccc(F)c1)C(=O)O. The Morgan fingerprint density at radius 2 is 2.35 bits per heavy atom. The number of benzene rings is 1. The van der Waals surface area contributed by atoms with Gasteiger partial charge in [-0.2, -0.15) is 0 Å². The quantitative estimate of drug-likeness (QED) is 0.762. The lowest BCUT2D eigenvalue weighted by molar-refractivity contribution is -0.139. The molecule has 1 aromatic carbocycles. The lowest BCUT2D eigenvalue weighted by Gasteiger charge is -2.13. The van der Waals surface area contributed by atoms with Crippen LogP contribution in [0, 0.1) is 5.82 Å². The molecule has 1 aromatic rings. The van der Waals surface area contributed by atoms with E-state index in [0.29, 0.717) is 18.7 Å². The summed E-state index contributed by atoms with van der Waals surface area (Å²) < 4.78 is 18.1. The van der Waals surface area contributed by atoms with E-state index in [1.54, 1.807) is 12.1 Å². The molecule has 0 amide bonds. The Hall–Kier alpha value is -1.62. The number of halogens is 1. The molecule has 0 bridgehead atoms. The first-order valence-electron chi connectivity index (χ1n) is 5.48. The number of hydrogen-bond donors (Lipinski definition) is 2. The van der Waals surface area contributed by atoms with E-state index in [-0.39, 0.29) is 12.4 Å². The van der Waals surface area contributed by atoms with Gasteiger partial charge in [-0.3, -0.25) is 4.79 Å². The molecule has 0 aliphatic heterocycles. The molecule has 1 rings (SSSR count). The minimum absolute atomic E-state index is 0.230. The molecular formula is C12H16FNO3. The van der Waals surface area contributed by atoms with Crippen molar-refractivity contribution in [3.8, 4) is 5.75 Å². The highest BCUT2D eigenvalue weighted by atomic mass is 19.1. The molecule has 1 unspecified atom stereocenters. The fraction of sp³-hybridized carbons (Fsp3) is 0.417. The van der Waals surface area contributed by atoms with Gasteiger partial charge in [0.25, 0.3) is 0 Å². The normalized spacial score (nSPS) is 12.1. The maximum Gasteiger partial charge on any atom is 0.320 e. The molecule has 0 saturated carbocycles. The molecular weight excluding hydrogens is 225 g/mol. The monoisotopic (exact) mass is 241 g/mol. The molecule has 0 heterocycles. The maximum atomic E-state index is 12.8. The van der Waals surface area contributed by atoms with Crippen LogP contribution in [0.2, 0.25) is 0 Å². The smallest absolute Gasteiger partial charge is 0.320 e. The summed E-state index contributed by atoms with van der Waals surface area (Å²) in [5, 5.41) is 11.7. The summed E-state index contributed by atoms with van der Waals surface area (Å²) in [6, 6.07) is 5.14. The molecule has 94 valence electrons. The number of rotatable bonds is 7. The first-order chi connectivity index (χ1) is 8.13. The molecule has 17 heavy (non-hydrogen) atoms. The number of carboxylic acids is 1. The molecule has 0 radical (unpaired) electrons. The summed E-state index contributed by atoms with van der Waals surface area (Å²) in [5.74, 6) is -0.871. The second-order valence-corrected chi connectivity index (χ2v) is 3.54. The van der Waals surface area contributed by atoms with Gasteiger partial charge >= 0.3 is 5.97 Å². The first-order valence-corrected chi connectivity index (χ1v) is 5.48. The van der Waals surface area contributed by atoms with Crippen LogP contribution in [-0.4, -0.2) is 30.3 Å². The zero-order valence-corrected chi connectivity index (χ0v) is 9.65. The highest BCUT2D eigenvalue weighted by Crippen LogP contribution is 2.12. The zero-order valence-electron chi connectivity index (χ0n) is 9.65. The number of hydrogen-bond acceptors (Lipinski definition) is 3. The number of nitrogens with one attached hydrogen (secondary N) is 1. The molecule has 5 heteroatoms. The van der Waals surface area contributed by atoms with Gasteiger partial charge in [-0.1, -0.05) is 13.0 Å². The third kappa shape index (κ3) is 4.82. The summed E-state index contributed by atoms with van der Waals surface area (Å²) in [6.07, 6.45) is 0.333. The molecule has 4 nitrogen and oxygen atoms in total. The third-order valence-electron chi connectivity index (χ3n) is 2.22. The van der Waals surface area contributed by atoms with Crippen molar-refractivity contribution in [3.63, 3.8) is 0 Å². The van der Waals surface area contributed by atoms with Gasteiger partial charge in [0, 0.05) is 12.5 Å². The highest BCUT2D eigenvalue weighted by Gasteiger charge is 2.15. The molecule has 0 fully saturated rings. The predicted octanol–water partition coefficient (Wildman–Crippen LogP) is 1.66. The minimum atomic E-state index is -0.908. The van der Waals surface area contributed by atoms with E-state index in [1.165, 1.54) is 12.1 Å². The van der Waals surface area contributed by atoms with Crippen molar-refractivity contribution in [1.82, 2.24) is 5.32 Å². The lowest BCUT2D eigenvalue weighted by Crippen LogP contribution is -2.37. The van der Waals surface area contributed by atoms with Crippen LogP contribution < -0.4 is 10.1 Å². The van der Waals surface area contributed by atoms with Crippen molar-refractivity contribution in [2.24, 2.45) is 0 Å². The summed E-state index contributed by atoms with van der Waals surface area (Å²) in [6.45, 7) is 2.65. The number of carboxylic acid groups (broad SMARTS) is 1. The van der Waals surface area contributed by atoms with E-state index in [4.69, 9.17) is 9.84 Å². The van der Waals surface area contributed by atoms with E-state index in [2.05, 4.69) is 5.32 Å². The van der Waals surface area contributed by atoms with Gasteiger partial charge in [0.15, 0.2) is 0 Å². The van der Waals surface area contributed by atoms with Gasteiger partial charge < -0.3 is 15.2 Å². The van der Waals surface area contributed by atoms with Crippen molar-refractivity contribution >= 4 is 5.97 Å². The number of likely N-dealkylation sites (N-methyl/N-ethyl adjacent to an activating group) is 1. The van der Waals surface area contributed by atoms with E-state index in [9.17, 15) is 9.18 Å². The van der Waals surface area contributed by atoms with E-state index >= 15 is 0 Å². The number of carbonyl (C=O) groups is 1. The Kier molecular flexibility index (Phi) is 5.42. The topological polar surface area (TPSA) is 58.6 Å². The Morgan fingerprint density at radius 3 is 2.94 bits per heavy atom. The van der Waals surface area contributed by atoms with E-state index in [1.807, 2.05) is 6.92 Å². The van der Waals surface area contributed by atoms with Crippen molar-refractivity contribution in [3.05, 3.63) is 30.1 Å². The second-order valence-electron chi connectivity index (χ2n) is 3.54. The average Bonchev–Trinajstić information content (AvgIpc) is 2.28. The predicted molar refractivity (Wildman–Crippen MR) is 61.6 cm³/mol. The van der Waals surface area contributed by atoms with Gasteiger partial charge in [0.05, 0.1) is 6.61 Å². The molecule has 1 atom stereocenters. The molecule has 0 aliphatic carbocycles. The van der Waals surface area contributed by atoms with Crippen LogP contribution in [0.4, 0.5) is 4.39 Å². The van der Waals surface area contributed by atoms with E-state index in [0.717, 1.165) is 0 Å². The summed E-state index contributed by atoms with van der Waals surface area (Å²) in [5.41, 5.74) is 0. The molecule has 0 spiro atoms. The van der Waals surface area contributed by atoms with Crippen molar-refractivity contribution < 1.29 is 19.0 Å². The Labute approximate surface area is 99.4 Å². The van der Waals surface area contributed by atoms with Gasteiger partial charge in [-0.05, 0) is 18.7 Å². The molecule has 0 aliphatic rings. The second kappa shape index (κ2) is 6.85. The summed E-state index contributed by atoms with van der Waals surface area (Å²) in [7, 11) is 0. The molecule has 0 aromatic heterocycles. The largest absolute Gasteiger partial charge is 0.493 e. The van der Waals surface area contributed by atoms with Gasteiger partial charge in [-0.25, -0.2) is 4.39 Å².